The van der Waals surface area contributed by atoms with E-state index in [4.69, 9.17) is 4.74 Å². The lowest BCUT2D eigenvalue weighted by molar-refractivity contribution is -0.130. The highest BCUT2D eigenvalue weighted by atomic mass is 16.5. The lowest BCUT2D eigenvalue weighted by Crippen LogP contribution is -2.52. The van der Waals surface area contributed by atoms with Gasteiger partial charge in [0.2, 0.25) is 0 Å². The van der Waals surface area contributed by atoms with Crippen molar-refractivity contribution in [1.29, 1.82) is 5.26 Å². The predicted octanol–water partition coefficient (Wildman–Crippen LogP) is 3.93. The molecule has 1 aromatic heterocycles. The minimum absolute atomic E-state index is 0.102. The van der Waals surface area contributed by atoms with Gasteiger partial charge in [0.05, 0.1) is 22.7 Å². The van der Waals surface area contributed by atoms with Gasteiger partial charge in [-0.25, -0.2) is 9.78 Å². The smallest absolute Gasteiger partial charge is 0.338 e. The van der Waals surface area contributed by atoms with Gasteiger partial charge in [0, 0.05) is 5.69 Å². The molecule has 0 bridgehead atoms. The van der Waals surface area contributed by atoms with Crippen LogP contribution in [-0.2, 0) is 9.53 Å². The number of nitrogens with zero attached hydrogens (tertiary/aromatic N) is 3. The maximum atomic E-state index is 12.6. The third-order valence-corrected chi connectivity index (χ3v) is 5.50. The van der Waals surface area contributed by atoms with Gasteiger partial charge in [-0.05, 0) is 57.0 Å². The Morgan fingerprint density at radius 1 is 1.16 bits per heavy atom. The summed E-state index contributed by atoms with van der Waals surface area (Å²) in [6.45, 7) is 8.71. The van der Waals surface area contributed by atoms with Gasteiger partial charge in [-0.15, -0.1) is 0 Å². The average Bonchev–Trinajstić information content (AvgIpc) is 3.08. The van der Waals surface area contributed by atoms with E-state index in [9.17, 15) is 14.9 Å². The average molecular weight is 418 g/mol. The van der Waals surface area contributed by atoms with Crippen LogP contribution in [0.2, 0.25) is 0 Å². The number of nitrogens with one attached hydrogen (secondary N) is 1. The quantitative estimate of drug-likeness (QED) is 0.612. The van der Waals surface area contributed by atoms with Crippen molar-refractivity contribution in [3.63, 3.8) is 0 Å². The Morgan fingerprint density at radius 2 is 1.84 bits per heavy atom. The first-order valence-corrected chi connectivity index (χ1v) is 10.1. The van der Waals surface area contributed by atoms with Gasteiger partial charge in [0.25, 0.3) is 5.91 Å². The second kappa shape index (κ2) is 8.60. The number of aromatic nitrogens is 2. The second-order valence-corrected chi connectivity index (χ2v) is 8.04. The Kier molecular flexibility index (Phi) is 6.11. The molecule has 3 aromatic rings. The van der Waals surface area contributed by atoms with Crippen molar-refractivity contribution in [3.8, 4) is 11.8 Å². The van der Waals surface area contributed by atoms with E-state index in [0.29, 0.717) is 11.1 Å². The van der Waals surface area contributed by atoms with Gasteiger partial charge in [-0.2, -0.15) is 5.26 Å². The van der Waals surface area contributed by atoms with Crippen LogP contribution in [-0.4, -0.2) is 33.1 Å². The maximum absolute atomic E-state index is 12.6. The summed E-state index contributed by atoms with van der Waals surface area (Å²) in [4.78, 5) is 29.6. The number of nitriles is 1. The first kappa shape index (κ1) is 22.0. The standard InChI is InChI=1S/C24H26N4O3/c1-15(2)24(5,14-25)27-22(29)16(3)31-23(30)18-11-12-21-20(13-18)26-17(4)28(21)19-9-7-6-8-10-19/h6-13,15-16H,1-5H3,(H,27,29)/t16-,24+/m0/s1. The molecular formula is C24H26N4O3. The molecule has 3 rings (SSSR count). The van der Waals surface area contributed by atoms with E-state index in [1.54, 1.807) is 19.1 Å². The number of aryl methyl sites for hydroxylation is 1. The number of carbonyl (C=O) groups excluding carboxylic acids is 2. The van der Waals surface area contributed by atoms with Crippen LogP contribution in [0.15, 0.2) is 48.5 Å². The molecular weight excluding hydrogens is 392 g/mol. The number of hydrogen-bond donors (Lipinski definition) is 1. The van der Waals surface area contributed by atoms with Gasteiger partial charge in [0.15, 0.2) is 6.10 Å². The van der Waals surface area contributed by atoms with E-state index in [0.717, 1.165) is 17.0 Å². The monoisotopic (exact) mass is 418 g/mol. The topological polar surface area (TPSA) is 97.0 Å². The molecule has 0 unspecified atom stereocenters. The van der Waals surface area contributed by atoms with E-state index < -0.39 is 23.5 Å². The third kappa shape index (κ3) is 4.43. The molecule has 7 heteroatoms. The van der Waals surface area contributed by atoms with Crippen molar-refractivity contribution < 1.29 is 14.3 Å². The molecule has 0 aliphatic rings. The summed E-state index contributed by atoms with van der Waals surface area (Å²) in [5, 5.41) is 12.0. The van der Waals surface area contributed by atoms with Crippen LogP contribution in [0.1, 0.15) is 43.9 Å². The number of rotatable bonds is 6. The molecule has 0 saturated heterocycles. The molecule has 160 valence electrons. The molecule has 2 aromatic carbocycles. The van der Waals surface area contributed by atoms with Gasteiger partial charge >= 0.3 is 5.97 Å². The first-order valence-electron chi connectivity index (χ1n) is 10.1. The van der Waals surface area contributed by atoms with E-state index >= 15 is 0 Å². The molecule has 0 aliphatic carbocycles. The Balaban J connectivity index is 1.79. The maximum Gasteiger partial charge on any atom is 0.338 e. The minimum Gasteiger partial charge on any atom is -0.449 e. The van der Waals surface area contributed by atoms with E-state index in [1.165, 1.54) is 6.92 Å². The van der Waals surface area contributed by atoms with Gasteiger partial charge in [-0.3, -0.25) is 9.36 Å². The zero-order valence-corrected chi connectivity index (χ0v) is 18.3. The summed E-state index contributed by atoms with van der Waals surface area (Å²) in [7, 11) is 0. The molecule has 1 heterocycles. The number of carbonyl (C=O) groups is 2. The van der Waals surface area contributed by atoms with E-state index in [-0.39, 0.29) is 5.92 Å². The highest BCUT2D eigenvalue weighted by Crippen LogP contribution is 2.23. The van der Waals surface area contributed by atoms with Gasteiger partial charge in [-0.1, -0.05) is 32.0 Å². The molecule has 1 amide bonds. The van der Waals surface area contributed by atoms with Crippen molar-refractivity contribution in [1.82, 2.24) is 14.9 Å². The van der Waals surface area contributed by atoms with Crippen molar-refractivity contribution >= 4 is 22.9 Å². The van der Waals surface area contributed by atoms with Crippen LogP contribution >= 0.6 is 0 Å². The number of ether oxygens (including phenoxy) is 1. The Labute approximate surface area is 181 Å². The summed E-state index contributed by atoms with van der Waals surface area (Å²) in [6, 6.07) is 17.1. The van der Waals surface area contributed by atoms with Crippen molar-refractivity contribution in [3.05, 3.63) is 59.9 Å². The number of benzene rings is 2. The van der Waals surface area contributed by atoms with Crippen molar-refractivity contribution in [2.75, 3.05) is 0 Å². The SMILES string of the molecule is Cc1nc2cc(C(=O)O[C@@H](C)C(=O)N[C@](C)(C#N)C(C)C)ccc2n1-c1ccccc1. The van der Waals surface area contributed by atoms with Gasteiger partial charge in [0.1, 0.15) is 11.4 Å². The molecule has 0 radical (unpaired) electrons. The Bertz CT molecular complexity index is 1160. The van der Waals surface area contributed by atoms with Crippen molar-refractivity contribution in [2.24, 2.45) is 5.92 Å². The highest BCUT2D eigenvalue weighted by Gasteiger charge is 2.32. The van der Waals surface area contributed by atoms with E-state index in [1.807, 2.05) is 61.7 Å². The summed E-state index contributed by atoms with van der Waals surface area (Å²) < 4.78 is 7.35. The largest absolute Gasteiger partial charge is 0.449 e. The first-order chi connectivity index (χ1) is 14.7. The van der Waals surface area contributed by atoms with Crippen LogP contribution in [0.3, 0.4) is 0 Å². The highest BCUT2D eigenvalue weighted by molar-refractivity contribution is 5.95. The molecule has 31 heavy (non-hydrogen) atoms. The summed E-state index contributed by atoms with van der Waals surface area (Å²) >= 11 is 0. The minimum atomic E-state index is -1.04. The number of esters is 1. The number of para-hydroxylation sites is 1. The Morgan fingerprint density at radius 3 is 2.45 bits per heavy atom. The fraction of sp³-hybridized carbons (Fsp3) is 0.333. The third-order valence-electron chi connectivity index (χ3n) is 5.50. The molecule has 1 N–H and O–H groups in total. The summed E-state index contributed by atoms with van der Waals surface area (Å²) in [6.07, 6.45) is -1.04. The van der Waals surface area contributed by atoms with Crippen LogP contribution in [0.25, 0.3) is 16.7 Å². The van der Waals surface area contributed by atoms with Crippen molar-refractivity contribution in [2.45, 2.75) is 46.3 Å². The molecule has 7 nitrogen and oxygen atoms in total. The number of hydrogen-bond acceptors (Lipinski definition) is 5. The van der Waals surface area contributed by atoms with Crippen LogP contribution in [0, 0.1) is 24.2 Å². The molecule has 2 atom stereocenters. The zero-order valence-electron chi connectivity index (χ0n) is 18.3. The molecule has 0 aliphatic heterocycles. The normalized spacial score (nSPS) is 14.0. The predicted molar refractivity (Wildman–Crippen MR) is 118 cm³/mol. The summed E-state index contributed by atoms with van der Waals surface area (Å²) in [5.41, 5.74) is 1.77. The summed E-state index contributed by atoms with van der Waals surface area (Å²) in [5.74, 6) is -0.449. The molecule has 0 fully saturated rings. The number of fused-ring (bicyclic) bond motifs is 1. The fourth-order valence-electron chi connectivity index (χ4n) is 3.17. The van der Waals surface area contributed by atoms with Crippen LogP contribution < -0.4 is 5.32 Å². The molecule has 0 spiro atoms. The number of amides is 1. The van der Waals surface area contributed by atoms with E-state index in [2.05, 4.69) is 16.4 Å². The fourth-order valence-corrected chi connectivity index (χ4v) is 3.17. The van der Waals surface area contributed by atoms with Crippen LogP contribution in [0.4, 0.5) is 0 Å². The van der Waals surface area contributed by atoms with Gasteiger partial charge < -0.3 is 10.1 Å². The lowest BCUT2D eigenvalue weighted by Gasteiger charge is -2.28. The lowest BCUT2D eigenvalue weighted by atomic mass is 9.90. The Hall–Kier alpha value is -3.66. The second-order valence-electron chi connectivity index (χ2n) is 8.04. The molecule has 0 saturated carbocycles. The zero-order chi connectivity index (χ0) is 22.8. The number of imidazole rings is 1. The van der Waals surface area contributed by atoms with Crippen LogP contribution in [0.5, 0.6) is 0 Å².